The molecule has 2 aliphatic heterocycles. The van der Waals surface area contributed by atoms with Gasteiger partial charge in [-0.25, -0.2) is 4.98 Å². The van der Waals surface area contributed by atoms with Gasteiger partial charge in [0.1, 0.15) is 0 Å². The number of hydrogen-bond donors (Lipinski definition) is 2. The normalized spacial score (nSPS) is 31.5. The first-order valence-corrected chi connectivity index (χ1v) is 12.9. The molecule has 7 nitrogen and oxygen atoms in total. The predicted molar refractivity (Wildman–Crippen MR) is 119 cm³/mol. The summed E-state index contributed by atoms with van der Waals surface area (Å²) in [6.07, 6.45) is 8.71. The Bertz CT molecular complexity index is 945. The van der Waals surface area contributed by atoms with Crippen molar-refractivity contribution in [1.29, 1.82) is 0 Å². The molecule has 8 heteroatoms. The van der Waals surface area contributed by atoms with E-state index in [9.17, 15) is 14.4 Å². The van der Waals surface area contributed by atoms with Crippen molar-refractivity contribution < 1.29 is 9.59 Å². The molecule has 2 amide bonds. The van der Waals surface area contributed by atoms with Crippen molar-refractivity contribution in [3.8, 4) is 0 Å². The third-order valence-corrected chi connectivity index (χ3v) is 8.72. The SMILES string of the molecule is CCCC1CC(=O)NC2CC(NC(=O)CC3CSc4nc5c(c(=O)n43)CCC5)CCC12. The van der Waals surface area contributed by atoms with Crippen molar-refractivity contribution in [2.45, 2.75) is 94.4 Å². The molecule has 1 aromatic rings. The number of aryl methyl sites for hydroxylation is 1. The predicted octanol–water partition coefficient (Wildman–Crippen LogP) is 2.36. The van der Waals surface area contributed by atoms with Crippen molar-refractivity contribution in [3.63, 3.8) is 0 Å². The molecule has 0 spiro atoms. The van der Waals surface area contributed by atoms with Gasteiger partial charge in [-0.1, -0.05) is 25.1 Å². The summed E-state index contributed by atoms with van der Waals surface area (Å²) < 4.78 is 1.77. The van der Waals surface area contributed by atoms with Gasteiger partial charge in [0.15, 0.2) is 5.16 Å². The zero-order valence-electron chi connectivity index (χ0n) is 18.2. The van der Waals surface area contributed by atoms with Gasteiger partial charge in [-0.15, -0.1) is 0 Å². The maximum absolute atomic E-state index is 12.9. The molecule has 168 valence electrons. The van der Waals surface area contributed by atoms with E-state index in [-0.39, 0.29) is 35.5 Å². The standard InChI is InChI=1S/C23H32N4O3S/c1-2-4-13-9-20(28)25-19-10-14(7-8-16(13)19)24-21(29)11-15-12-31-23-26-18-6-3-5-17(18)22(30)27(15)23/h13-16,19H,2-12H2,1H3,(H,24,29)(H,25,28). The average molecular weight is 445 g/mol. The van der Waals surface area contributed by atoms with Crippen LogP contribution in [0.25, 0.3) is 0 Å². The van der Waals surface area contributed by atoms with Gasteiger partial charge in [-0.3, -0.25) is 19.0 Å². The number of piperidine rings is 1. The smallest absolute Gasteiger partial charge is 0.257 e. The molecule has 2 fully saturated rings. The average Bonchev–Trinajstić information content (AvgIpc) is 3.35. The highest BCUT2D eigenvalue weighted by molar-refractivity contribution is 7.99. The van der Waals surface area contributed by atoms with E-state index < -0.39 is 0 Å². The van der Waals surface area contributed by atoms with Crippen LogP contribution in [-0.4, -0.2) is 39.2 Å². The first-order chi connectivity index (χ1) is 15.0. The molecule has 0 radical (unpaired) electrons. The Morgan fingerprint density at radius 1 is 1.29 bits per heavy atom. The highest BCUT2D eigenvalue weighted by Crippen LogP contribution is 2.38. The van der Waals surface area contributed by atoms with Crippen LogP contribution in [0.2, 0.25) is 0 Å². The summed E-state index contributed by atoms with van der Waals surface area (Å²) in [5.41, 5.74) is 1.87. The summed E-state index contributed by atoms with van der Waals surface area (Å²) in [6, 6.07) is 0.150. The summed E-state index contributed by atoms with van der Waals surface area (Å²) in [5.74, 6) is 1.90. The number of nitrogens with zero attached hydrogens (tertiary/aromatic N) is 2. The third-order valence-electron chi connectivity index (χ3n) is 7.62. The zero-order valence-corrected chi connectivity index (χ0v) is 19.0. The molecule has 0 aromatic carbocycles. The van der Waals surface area contributed by atoms with Crippen molar-refractivity contribution in [3.05, 3.63) is 21.6 Å². The van der Waals surface area contributed by atoms with E-state index in [4.69, 9.17) is 4.98 Å². The molecular formula is C23H32N4O3S. The topological polar surface area (TPSA) is 93.1 Å². The van der Waals surface area contributed by atoms with Crippen LogP contribution in [0, 0.1) is 11.8 Å². The fourth-order valence-electron chi connectivity index (χ4n) is 6.20. The van der Waals surface area contributed by atoms with Gasteiger partial charge in [0, 0.05) is 36.2 Å². The summed E-state index contributed by atoms with van der Waals surface area (Å²) in [7, 11) is 0. The molecule has 1 aromatic heterocycles. The van der Waals surface area contributed by atoms with Crippen molar-refractivity contribution >= 4 is 23.6 Å². The number of fused-ring (bicyclic) bond motifs is 3. The highest BCUT2D eigenvalue weighted by Gasteiger charge is 2.40. The minimum Gasteiger partial charge on any atom is -0.353 e. The van der Waals surface area contributed by atoms with E-state index in [0.717, 1.165) is 73.5 Å². The van der Waals surface area contributed by atoms with E-state index in [1.54, 1.807) is 16.3 Å². The van der Waals surface area contributed by atoms with Crippen molar-refractivity contribution in [2.24, 2.45) is 11.8 Å². The van der Waals surface area contributed by atoms with Crippen LogP contribution >= 0.6 is 11.8 Å². The molecule has 1 saturated carbocycles. The van der Waals surface area contributed by atoms with E-state index in [1.807, 2.05) is 0 Å². The van der Waals surface area contributed by atoms with Gasteiger partial charge in [0.2, 0.25) is 11.8 Å². The Kier molecular flexibility index (Phi) is 5.84. The van der Waals surface area contributed by atoms with Crippen LogP contribution in [-0.2, 0) is 22.4 Å². The fraction of sp³-hybridized carbons (Fsp3) is 0.739. The van der Waals surface area contributed by atoms with Crippen LogP contribution in [0.1, 0.15) is 75.6 Å². The molecule has 2 aliphatic carbocycles. The number of hydrogen-bond acceptors (Lipinski definition) is 5. The summed E-state index contributed by atoms with van der Waals surface area (Å²) in [6.45, 7) is 2.18. The van der Waals surface area contributed by atoms with E-state index in [2.05, 4.69) is 17.6 Å². The monoisotopic (exact) mass is 444 g/mol. The van der Waals surface area contributed by atoms with E-state index in [1.165, 1.54) is 0 Å². The Morgan fingerprint density at radius 3 is 3.00 bits per heavy atom. The van der Waals surface area contributed by atoms with Gasteiger partial charge < -0.3 is 10.6 Å². The Morgan fingerprint density at radius 2 is 2.16 bits per heavy atom. The Labute approximate surface area is 187 Å². The maximum atomic E-state index is 12.9. The van der Waals surface area contributed by atoms with E-state index >= 15 is 0 Å². The van der Waals surface area contributed by atoms with Gasteiger partial charge in [0.05, 0.1) is 11.7 Å². The lowest BCUT2D eigenvalue weighted by Gasteiger charge is -2.44. The molecule has 5 unspecified atom stereocenters. The number of thioether (sulfide) groups is 1. The highest BCUT2D eigenvalue weighted by atomic mass is 32.2. The minimum absolute atomic E-state index is 0.00143. The zero-order chi connectivity index (χ0) is 21.5. The number of amides is 2. The Balaban J connectivity index is 1.21. The fourth-order valence-corrected chi connectivity index (χ4v) is 7.35. The molecule has 31 heavy (non-hydrogen) atoms. The maximum Gasteiger partial charge on any atom is 0.257 e. The number of aromatic nitrogens is 2. The van der Waals surface area contributed by atoms with Crippen LogP contribution in [0.15, 0.2) is 9.95 Å². The van der Waals surface area contributed by atoms with Gasteiger partial charge in [0.25, 0.3) is 5.56 Å². The van der Waals surface area contributed by atoms with Crippen LogP contribution in [0.4, 0.5) is 0 Å². The lowest BCUT2D eigenvalue weighted by Crippen LogP contribution is -2.55. The van der Waals surface area contributed by atoms with Crippen LogP contribution in [0.5, 0.6) is 0 Å². The number of carbonyl (C=O) groups excluding carboxylic acids is 2. The molecule has 1 saturated heterocycles. The molecule has 2 N–H and O–H groups in total. The molecule has 3 heterocycles. The second-order valence-electron chi connectivity index (χ2n) is 9.69. The number of carbonyl (C=O) groups is 2. The lowest BCUT2D eigenvalue weighted by molar-refractivity contribution is -0.127. The number of rotatable bonds is 5. The Hall–Kier alpha value is -1.83. The quantitative estimate of drug-likeness (QED) is 0.680. The molecule has 5 rings (SSSR count). The lowest BCUT2D eigenvalue weighted by atomic mass is 9.70. The number of nitrogens with one attached hydrogen (secondary N) is 2. The van der Waals surface area contributed by atoms with Crippen LogP contribution in [0.3, 0.4) is 0 Å². The molecule has 0 bridgehead atoms. The van der Waals surface area contributed by atoms with E-state index in [0.29, 0.717) is 24.7 Å². The van der Waals surface area contributed by atoms with Gasteiger partial charge in [-0.2, -0.15) is 0 Å². The summed E-state index contributed by atoms with van der Waals surface area (Å²) in [4.78, 5) is 42.7. The second kappa shape index (κ2) is 8.60. The van der Waals surface area contributed by atoms with Crippen LogP contribution < -0.4 is 16.2 Å². The summed E-state index contributed by atoms with van der Waals surface area (Å²) >= 11 is 1.59. The second-order valence-corrected chi connectivity index (χ2v) is 10.7. The van der Waals surface area contributed by atoms with Gasteiger partial charge in [-0.05, 0) is 56.8 Å². The van der Waals surface area contributed by atoms with Crippen molar-refractivity contribution in [2.75, 3.05) is 5.75 Å². The first kappa shape index (κ1) is 21.0. The van der Waals surface area contributed by atoms with Gasteiger partial charge >= 0.3 is 0 Å². The molecule has 4 aliphatic rings. The summed E-state index contributed by atoms with van der Waals surface area (Å²) in [5, 5.41) is 7.16. The largest absolute Gasteiger partial charge is 0.353 e. The molecule has 5 atom stereocenters. The van der Waals surface area contributed by atoms with Crippen molar-refractivity contribution in [1.82, 2.24) is 20.2 Å². The third kappa shape index (κ3) is 4.03. The molecular weight excluding hydrogens is 412 g/mol. The minimum atomic E-state index is -0.120. The first-order valence-electron chi connectivity index (χ1n) is 11.9.